The third-order valence-electron chi connectivity index (χ3n) is 1.34. The van der Waals surface area contributed by atoms with E-state index in [-0.39, 0.29) is 12.4 Å². The summed E-state index contributed by atoms with van der Waals surface area (Å²) in [5.41, 5.74) is 2.40. The number of rotatable bonds is 6. The molecular formula is C6H12Cl2N4O2. The quantitative estimate of drug-likeness (QED) is 0.430. The number of carbonyl (C=O) groups excluding carboxylic acids is 1. The van der Waals surface area contributed by atoms with Gasteiger partial charge in [-0.1, -0.05) is 0 Å². The smallest absolute Gasteiger partial charge is 0.269 e. The number of hydrogen-bond acceptors (Lipinski definition) is 4. The van der Waals surface area contributed by atoms with Crippen LogP contribution in [-0.2, 0) is 0 Å². The Morgan fingerprint density at radius 1 is 1.36 bits per heavy atom. The van der Waals surface area contributed by atoms with Gasteiger partial charge < -0.3 is 0 Å². The Bertz CT molecular complexity index is 193. The van der Waals surface area contributed by atoms with Crippen LogP contribution >= 0.6 is 23.2 Å². The number of halogens is 2. The lowest BCUT2D eigenvalue weighted by molar-refractivity contribution is 0.166. The number of hydrazine groups is 1. The van der Waals surface area contributed by atoms with Gasteiger partial charge in [-0.05, 0) is 0 Å². The minimum atomic E-state index is -0.617. The van der Waals surface area contributed by atoms with Crippen molar-refractivity contribution in [2.45, 2.75) is 0 Å². The van der Waals surface area contributed by atoms with Crippen LogP contribution in [0.5, 0.6) is 0 Å². The molecule has 0 aromatic rings. The molecule has 0 heterocycles. The van der Waals surface area contributed by atoms with Crippen LogP contribution in [0.15, 0.2) is 5.29 Å². The molecule has 0 saturated heterocycles. The van der Waals surface area contributed by atoms with E-state index in [4.69, 9.17) is 23.2 Å². The van der Waals surface area contributed by atoms with Crippen molar-refractivity contribution in [3.05, 3.63) is 4.91 Å². The highest BCUT2D eigenvalue weighted by molar-refractivity contribution is 6.18. The van der Waals surface area contributed by atoms with Crippen molar-refractivity contribution in [3.63, 3.8) is 0 Å². The van der Waals surface area contributed by atoms with Gasteiger partial charge >= 0.3 is 6.03 Å². The van der Waals surface area contributed by atoms with E-state index in [0.717, 1.165) is 0 Å². The Morgan fingerprint density at radius 2 is 1.93 bits per heavy atom. The lowest BCUT2D eigenvalue weighted by atomic mass is 10.7. The number of nitrogens with zero attached hydrogens (tertiary/aromatic N) is 3. The van der Waals surface area contributed by atoms with Crippen molar-refractivity contribution in [2.24, 2.45) is 5.29 Å². The number of carbonyl (C=O) groups is 1. The molecule has 6 nitrogen and oxygen atoms in total. The van der Waals surface area contributed by atoms with Crippen molar-refractivity contribution in [3.8, 4) is 0 Å². The number of amides is 2. The molecule has 0 rings (SSSR count). The van der Waals surface area contributed by atoms with Gasteiger partial charge in [0, 0.05) is 25.4 Å². The van der Waals surface area contributed by atoms with Gasteiger partial charge in [0.15, 0.2) is 0 Å². The molecule has 0 aliphatic carbocycles. The summed E-state index contributed by atoms with van der Waals surface area (Å²) in [4.78, 5) is 21.4. The first kappa shape index (κ1) is 13.4. The lowest BCUT2D eigenvalue weighted by Gasteiger charge is -2.19. The first-order chi connectivity index (χ1) is 6.65. The maximum Gasteiger partial charge on any atom is 0.354 e. The molecular weight excluding hydrogens is 231 g/mol. The third kappa shape index (κ3) is 5.21. The molecule has 82 valence electrons. The number of alkyl halides is 2. The number of hydrogen-bond donors (Lipinski definition) is 1. The monoisotopic (exact) mass is 242 g/mol. The van der Waals surface area contributed by atoms with Gasteiger partial charge in [0.1, 0.15) is 0 Å². The maximum absolute atomic E-state index is 11.2. The number of nitrogens with one attached hydrogen (secondary N) is 1. The summed E-state index contributed by atoms with van der Waals surface area (Å²) in [6.45, 7) is 0.548. The molecule has 8 heteroatoms. The molecule has 0 atom stereocenters. The van der Waals surface area contributed by atoms with Crippen molar-refractivity contribution >= 4 is 29.2 Å². The Morgan fingerprint density at radius 3 is 2.36 bits per heavy atom. The zero-order valence-electron chi connectivity index (χ0n) is 7.74. The highest BCUT2D eigenvalue weighted by atomic mass is 35.5. The summed E-state index contributed by atoms with van der Waals surface area (Å²) in [6.07, 6.45) is 0. The second-order valence-corrected chi connectivity index (χ2v) is 3.18. The Hall–Kier alpha value is -0.590. The standard InChI is InChI=1S/C6H12Cl2N4O2/c1-11(4-2-7)9-6(13)12(10-14)5-3-8/h2-5H2,1H3,(H,9,13). The SMILES string of the molecule is CN(CCCl)NC(=O)N(CCCl)N=O. The second kappa shape index (κ2) is 7.78. The lowest BCUT2D eigenvalue weighted by Crippen LogP contribution is -2.46. The van der Waals surface area contributed by atoms with Crippen LogP contribution in [0.1, 0.15) is 0 Å². The molecule has 0 radical (unpaired) electrons. The van der Waals surface area contributed by atoms with Crippen molar-refractivity contribution in [1.29, 1.82) is 0 Å². The number of nitroso groups, excluding NO2 is 1. The molecule has 0 saturated carbocycles. The minimum Gasteiger partial charge on any atom is -0.269 e. The zero-order chi connectivity index (χ0) is 11.0. The van der Waals surface area contributed by atoms with E-state index in [2.05, 4.69) is 10.7 Å². The number of urea groups is 1. The van der Waals surface area contributed by atoms with Gasteiger partial charge in [0.25, 0.3) is 0 Å². The molecule has 0 spiro atoms. The van der Waals surface area contributed by atoms with Crippen LogP contribution in [0.4, 0.5) is 4.79 Å². The average molecular weight is 243 g/mol. The van der Waals surface area contributed by atoms with Gasteiger partial charge in [-0.2, -0.15) is 5.01 Å². The molecule has 0 aliphatic rings. The van der Waals surface area contributed by atoms with E-state index in [0.29, 0.717) is 17.4 Å². The van der Waals surface area contributed by atoms with Gasteiger partial charge in [-0.3, -0.25) is 5.43 Å². The molecule has 0 unspecified atom stereocenters. The van der Waals surface area contributed by atoms with Crippen LogP contribution in [0.25, 0.3) is 0 Å². The second-order valence-electron chi connectivity index (χ2n) is 2.42. The predicted molar refractivity (Wildman–Crippen MR) is 55.1 cm³/mol. The fourth-order valence-corrected chi connectivity index (χ4v) is 1.08. The Labute approximate surface area is 92.0 Å². The fourth-order valence-electron chi connectivity index (χ4n) is 0.663. The first-order valence-electron chi connectivity index (χ1n) is 3.90. The van der Waals surface area contributed by atoms with Crippen molar-refractivity contribution < 1.29 is 4.79 Å². The molecule has 0 aliphatic heterocycles. The van der Waals surface area contributed by atoms with Gasteiger partial charge in [0.05, 0.1) is 11.8 Å². The highest BCUT2D eigenvalue weighted by Gasteiger charge is 2.14. The van der Waals surface area contributed by atoms with E-state index >= 15 is 0 Å². The van der Waals surface area contributed by atoms with Crippen LogP contribution < -0.4 is 5.43 Å². The van der Waals surface area contributed by atoms with E-state index < -0.39 is 6.03 Å². The summed E-state index contributed by atoms with van der Waals surface area (Å²) in [7, 11) is 1.63. The van der Waals surface area contributed by atoms with Crippen LogP contribution in [-0.4, -0.2) is 47.9 Å². The topological polar surface area (TPSA) is 65.0 Å². The van der Waals surface area contributed by atoms with Gasteiger partial charge in [0.2, 0.25) is 0 Å². The molecule has 0 bridgehead atoms. The average Bonchev–Trinajstić information content (AvgIpc) is 2.14. The molecule has 0 aromatic heterocycles. The fraction of sp³-hybridized carbons (Fsp3) is 0.833. The van der Waals surface area contributed by atoms with Gasteiger partial charge in [-0.25, -0.2) is 9.80 Å². The molecule has 2 amide bonds. The van der Waals surface area contributed by atoms with Crippen LogP contribution in [0.2, 0.25) is 0 Å². The van der Waals surface area contributed by atoms with Crippen molar-refractivity contribution in [2.75, 3.05) is 31.9 Å². The summed E-state index contributed by atoms with van der Waals surface area (Å²) < 4.78 is 0. The minimum absolute atomic E-state index is 0.0750. The predicted octanol–water partition coefficient (Wildman–Crippen LogP) is 1.00. The summed E-state index contributed by atoms with van der Waals surface area (Å²) in [5.74, 6) is 0.527. The van der Waals surface area contributed by atoms with E-state index in [9.17, 15) is 9.70 Å². The molecule has 0 aromatic carbocycles. The normalized spacial score (nSPS) is 10.0. The zero-order valence-corrected chi connectivity index (χ0v) is 9.25. The molecule has 14 heavy (non-hydrogen) atoms. The summed E-state index contributed by atoms with van der Waals surface area (Å²) in [5, 5.41) is 4.68. The van der Waals surface area contributed by atoms with E-state index in [1.54, 1.807) is 7.05 Å². The van der Waals surface area contributed by atoms with E-state index in [1.807, 2.05) is 0 Å². The van der Waals surface area contributed by atoms with Crippen LogP contribution in [0, 0.1) is 4.91 Å². The van der Waals surface area contributed by atoms with Gasteiger partial charge in [-0.15, -0.1) is 28.1 Å². The Balaban J connectivity index is 3.96. The van der Waals surface area contributed by atoms with Crippen LogP contribution in [0.3, 0.4) is 0 Å². The molecule has 1 N–H and O–H groups in total. The summed E-state index contributed by atoms with van der Waals surface area (Å²) in [6, 6.07) is -0.617. The maximum atomic E-state index is 11.2. The van der Waals surface area contributed by atoms with Crippen molar-refractivity contribution in [1.82, 2.24) is 15.4 Å². The highest BCUT2D eigenvalue weighted by Crippen LogP contribution is 1.92. The molecule has 0 fully saturated rings. The summed E-state index contributed by atoms with van der Waals surface area (Å²) >= 11 is 10.8. The van der Waals surface area contributed by atoms with E-state index in [1.165, 1.54) is 5.01 Å². The largest absolute Gasteiger partial charge is 0.354 e. The Kier molecular flexibility index (Phi) is 7.45. The third-order valence-corrected chi connectivity index (χ3v) is 1.67. The first-order valence-corrected chi connectivity index (χ1v) is 4.97.